The molecule has 3 aromatic rings. The molecule has 220 valence electrons. The molecule has 1 atom stereocenters. The first-order chi connectivity index (χ1) is 19.5. The third-order valence-electron chi connectivity index (χ3n) is 6.91. The van der Waals surface area contributed by atoms with Gasteiger partial charge in [-0.1, -0.05) is 85.4 Å². The van der Waals surface area contributed by atoms with Crippen molar-refractivity contribution >= 4 is 50.7 Å². The van der Waals surface area contributed by atoms with E-state index in [1.807, 2.05) is 20.8 Å². The van der Waals surface area contributed by atoms with Crippen molar-refractivity contribution in [2.45, 2.75) is 64.4 Å². The van der Waals surface area contributed by atoms with E-state index in [0.717, 1.165) is 22.7 Å². The highest BCUT2D eigenvalue weighted by atomic mass is 35.5. The molecule has 0 aliphatic heterocycles. The molecule has 0 radical (unpaired) electrons. The molecule has 0 spiro atoms. The number of sulfonamides is 1. The first kappa shape index (κ1) is 32.4. The van der Waals surface area contributed by atoms with E-state index in [4.69, 9.17) is 23.2 Å². The van der Waals surface area contributed by atoms with Gasteiger partial charge in [0.05, 0.1) is 10.6 Å². The first-order valence-electron chi connectivity index (χ1n) is 13.7. The zero-order valence-corrected chi connectivity index (χ0v) is 26.2. The maximum atomic E-state index is 14.2. The zero-order chi connectivity index (χ0) is 30.2. The molecule has 0 aliphatic carbocycles. The van der Waals surface area contributed by atoms with E-state index in [9.17, 15) is 18.0 Å². The summed E-state index contributed by atoms with van der Waals surface area (Å²) < 4.78 is 29.1. The lowest BCUT2D eigenvalue weighted by atomic mass is 10.1. The third kappa shape index (κ3) is 8.03. The number of nitrogens with one attached hydrogen (secondary N) is 1. The molecule has 0 saturated heterocycles. The summed E-state index contributed by atoms with van der Waals surface area (Å²) in [5, 5.41) is 3.73. The van der Waals surface area contributed by atoms with E-state index in [0.29, 0.717) is 34.1 Å². The molecule has 3 rings (SSSR count). The quantitative estimate of drug-likeness (QED) is 0.221. The van der Waals surface area contributed by atoms with Gasteiger partial charge >= 0.3 is 0 Å². The fourth-order valence-electron chi connectivity index (χ4n) is 4.45. The van der Waals surface area contributed by atoms with Crippen molar-refractivity contribution in [2.24, 2.45) is 0 Å². The van der Waals surface area contributed by atoms with Gasteiger partial charge < -0.3 is 10.2 Å². The Labute approximate surface area is 253 Å². The summed E-state index contributed by atoms with van der Waals surface area (Å²) in [5.41, 5.74) is 2.34. The minimum atomic E-state index is -4.19. The van der Waals surface area contributed by atoms with E-state index < -0.39 is 28.5 Å². The number of amides is 2. The molecule has 0 aliphatic rings. The lowest BCUT2D eigenvalue weighted by molar-refractivity contribution is -0.140. The van der Waals surface area contributed by atoms with E-state index in [1.165, 1.54) is 17.0 Å². The average Bonchev–Trinajstić information content (AvgIpc) is 2.94. The van der Waals surface area contributed by atoms with Gasteiger partial charge in [-0.25, -0.2) is 8.42 Å². The van der Waals surface area contributed by atoms with Crippen molar-refractivity contribution in [3.05, 3.63) is 93.5 Å². The Balaban J connectivity index is 2.09. The maximum Gasteiger partial charge on any atom is 0.264 e. The lowest BCUT2D eigenvalue weighted by Gasteiger charge is -2.33. The van der Waals surface area contributed by atoms with Crippen LogP contribution in [0.25, 0.3) is 0 Å². The van der Waals surface area contributed by atoms with Gasteiger partial charge in [-0.05, 0) is 68.1 Å². The summed E-state index contributed by atoms with van der Waals surface area (Å²) in [4.78, 5) is 28.9. The monoisotopic (exact) mass is 617 g/mol. The molecule has 2 amide bonds. The van der Waals surface area contributed by atoms with Crippen LogP contribution in [0.4, 0.5) is 5.69 Å². The molecular weight excluding hydrogens is 581 g/mol. The van der Waals surface area contributed by atoms with Gasteiger partial charge in [0.1, 0.15) is 12.6 Å². The third-order valence-corrected chi connectivity index (χ3v) is 9.46. The lowest BCUT2D eigenvalue weighted by Crippen LogP contribution is -2.52. The van der Waals surface area contributed by atoms with Gasteiger partial charge in [0, 0.05) is 23.1 Å². The molecule has 0 bridgehead atoms. The van der Waals surface area contributed by atoms with E-state index in [-0.39, 0.29) is 23.0 Å². The number of hydrogen-bond donors (Lipinski definition) is 1. The highest BCUT2D eigenvalue weighted by Crippen LogP contribution is 2.31. The maximum absolute atomic E-state index is 14.2. The fourth-order valence-corrected chi connectivity index (χ4v) is 6.29. The van der Waals surface area contributed by atoms with Crippen LogP contribution in [0.1, 0.15) is 49.8 Å². The number of nitrogens with zero attached hydrogens (tertiary/aromatic N) is 2. The van der Waals surface area contributed by atoms with Crippen LogP contribution in [-0.4, -0.2) is 44.3 Å². The number of benzene rings is 3. The molecule has 10 heteroatoms. The van der Waals surface area contributed by atoms with Crippen molar-refractivity contribution in [1.29, 1.82) is 0 Å². The van der Waals surface area contributed by atoms with Crippen molar-refractivity contribution < 1.29 is 18.0 Å². The molecule has 3 aromatic carbocycles. The van der Waals surface area contributed by atoms with Gasteiger partial charge in [-0.15, -0.1) is 0 Å². The van der Waals surface area contributed by atoms with Crippen molar-refractivity contribution in [3.63, 3.8) is 0 Å². The van der Waals surface area contributed by atoms with Crippen LogP contribution in [0.5, 0.6) is 0 Å². The topological polar surface area (TPSA) is 86.8 Å². The summed E-state index contributed by atoms with van der Waals surface area (Å²) >= 11 is 12.8. The Hall–Kier alpha value is -3.07. The summed E-state index contributed by atoms with van der Waals surface area (Å²) in [6.45, 7) is 7.39. The van der Waals surface area contributed by atoms with Crippen molar-refractivity contribution in [3.8, 4) is 0 Å². The van der Waals surface area contributed by atoms with E-state index >= 15 is 0 Å². The summed E-state index contributed by atoms with van der Waals surface area (Å²) in [5.74, 6) is -0.842. The van der Waals surface area contributed by atoms with Gasteiger partial charge in [0.2, 0.25) is 11.8 Å². The number of aryl methyl sites for hydroxylation is 1. The molecule has 1 N–H and O–H groups in total. The van der Waals surface area contributed by atoms with Gasteiger partial charge in [-0.3, -0.25) is 13.9 Å². The van der Waals surface area contributed by atoms with Gasteiger partial charge in [-0.2, -0.15) is 0 Å². The second kappa shape index (κ2) is 14.7. The summed E-state index contributed by atoms with van der Waals surface area (Å²) in [7, 11) is -4.19. The highest BCUT2D eigenvalue weighted by Gasteiger charge is 2.34. The molecule has 0 unspecified atom stereocenters. The molecule has 0 aromatic heterocycles. The number of rotatable bonds is 13. The van der Waals surface area contributed by atoms with E-state index in [1.54, 1.807) is 61.5 Å². The normalized spacial score (nSPS) is 12.0. The Morgan fingerprint density at radius 1 is 0.902 bits per heavy atom. The second-order valence-corrected chi connectivity index (χ2v) is 12.6. The minimum absolute atomic E-state index is 0.0329. The molecule has 0 fully saturated rings. The fraction of sp³-hybridized carbons (Fsp3) is 0.355. The second-order valence-electron chi connectivity index (χ2n) is 9.89. The zero-order valence-electron chi connectivity index (χ0n) is 23.9. The summed E-state index contributed by atoms with van der Waals surface area (Å²) in [6.07, 6.45) is 2.04. The number of unbranched alkanes of at least 4 members (excludes halogenated alkanes) is 1. The smallest absolute Gasteiger partial charge is 0.264 e. The van der Waals surface area contributed by atoms with Crippen LogP contribution in [0.2, 0.25) is 10.0 Å². The predicted octanol–water partition coefficient (Wildman–Crippen LogP) is 6.53. The summed E-state index contributed by atoms with van der Waals surface area (Å²) in [6, 6.07) is 17.6. The van der Waals surface area contributed by atoms with Gasteiger partial charge in [0.15, 0.2) is 0 Å². The van der Waals surface area contributed by atoms with Crippen LogP contribution >= 0.6 is 23.2 Å². The van der Waals surface area contributed by atoms with Crippen LogP contribution in [-0.2, 0) is 26.2 Å². The number of anilines is 1. The van der Waals surface area contributed by atoms with Crippen LogP contribution in [0.15, 0.2) is 71.6 Å². The van der Waals surface area contributed by atoms with Crippen LogP contribution in [0, 0.1) is 13.8 Å². The van der Waals surface area contributed by atoms with Crippen molar-refractivity contribution in [2.75, 3.05) is 17.4 Å². The Morgan fingerprint density at radius 3 is 2.20 bits per heavy atom. The molecule has 41 heavy (non-hydrogen) atoms. The number of halogens is 2. The average molecular weight is 619 g/mol. The number of hydrogen-bond acceptors (Lipinski definition) is 4. The molecule has 0 heterocycles. The minimum Gasteiger partial charge on any atom is -0.354 e. The van der Waals surface area contributed by atoms with Crippen LogP contribution in [0.3, 0.4) is 0 Å². The molecular formula is C31H37Cl2N3O4S. The number of carbonyl (C=O) groups excluding carboxylic acids is 2. The van der Waals surface area contributed by atoms with Crippen molar-refractivity contribution in [1.82, 2.24) is 10.2 Å². The van der Waals surface area contributed by atoms with E-state index in [2.05, 4.69) is 5.32 Å². The Morgan fingerprint density at radius 2 is 1.56 bits per heavy atom. The number of carbonyl (C=O) groups is 2. The standard InChI is InChI=1S/C31H37Cl2N3O4S/c1-5-7-19-34-31(38)28(6-2)35(20-24-11-8-9-12-27(24)33)30(37)21-36(29-14-10-13-26(32)23(29)4)41(39,40)25-17-15-22(3)16-18-25/h8-18,28H,5-7,19-21H2,1-4H3,(H,34,38)/t28-/m1/s1. The first-order valence-corrected chi connectivity index (χ1v) is 15.9. The SMILES string of the molecule is CCCCNC(=O)[C@@H](CC)N(Cc1ccccc1Cl)C(=O)CN(c1cccc(Cl)c1C)S(=O)(=O)c1ccc(C)cc1. The molecule has 0 saturated carbocycles. The predicted molar refractivity (Wildman–Crippen MR) is 166 cm³/mol. The van der Waals surface area contributed by atoms with Gasteiger partial charge in [0.25, 0.3) is 10.0 Å². The van der Waals surface area contributed by atoms with Crippen LogP contribution < -0.4 is 9.62 Å². The molecule has 7 nitrogen and oxygen atoms in total. The largest absolute Gasteiger partial charge is 0.354 e. The highest BCUT2D eigenvalue weighted by molar-refractivity contribution is 7.92. The Bertz CT molecular complexity index is 1460. The Kier molecular flexibility index (Phi) is 11.6.